The summed E-state index contributed by atoms with van der Waals surface area (Å²) in [4.78, 5) is 12.6. The molecule has 2 heterocycles. The van der Waals surface area contributed by atoms with Crippen LogP contribution in [0.3, 0.4) is 0 Å². The predicted octanol–water partition coefficient (Wildman–Crippen LogP) is 2.62. The summed E-state index contributed by atoms with van der Waals surface area (Å²) in [5.74, 6) is 1.31. The lowest BCUT2D eigenvalue weighted by molar-refractivity contribution is -0.126. The van der Waals surface area contributed by atoms with Crippen molar-refractivity contribution in [3.8, 4) is 11.5 Å². The number of fused-ring (bicyclic) bond motifs is 1. The predicted molar refractivity (Wildman–Crippen MR) is 122 cm³/mol. The van der Waals surface area contributed by atoms with Crippen LogP contribution < -0.4 is 14.8 Å². The third-order valence-corrected chi connectivity index (χ3v) is 7.96. The van der Waals surface area contributed by atoms with Gasteiger partial charge < -0.3 is 14.8 Å². The number of carbonyl (C=O) groups excluding carboxylic acids is 1. The van der Waals surface area contributed by atoms with Gasteiger partial charge in [0.1, 0.15) is 12.7 Å². The summed E-state index contributed by atoms with van der Waals surface area (Å²) in [7, 11) is -3.30. The van der Waals surface area contributed by atoms with Gasteiger partial charge in [0.25, 0.3) is 0 Å². The first kappa shape index (κ1) is 22.6. The summed E-state index contributed by atoms with van der Waals surface area (Å²) in [5, 5.41) is 2.95. The van der Waals surface area contributed by atoms with Crippen molar-refractivity contribution in [1.29, 1.82) is 0 Å². The van der Waals surface area contributed by atoms with E-state index in [1.54, 1.807) is 0 Å². The number of sulfonamides is 1. The van der Waals surface area contributed by atoms with E-state index in [-0.39, 0.29) is 23.7 Å². The van der Waals surface area contributed by atoms with Gasteiger partial charge in [0.15, 0.2) is 11.5 Å². The molecule has 0 aliphatic carbocycles. The van der Waals surface area contributed by atoms with Crippen LogP contribution in [0.4, 0.5) is 0 Å². The van der Waals surface area contributed by atoms with E-state index >= 15 is 0 Å². The van der Waals surface area contributed by atoms with Crippen molar-refractivity contribution in [1.82, 2.24) is 9.62 Å². The largest absolute Gasteiger partial charge is 0.486 e. The highest BCUT2D eigenvalue weighted by atomic mass is 32.2. The Hall–Kier alpha value is -2.58. The minimum Gasteiger partial charge on any atom is -0.486 e. The summed E-state index contributed by atoms with van der Waals surface area (Å²) in [6.07, 6.45) is 2.18. The molecule has 4 rings (SSSR count). The van der Waals surface area contributed by atoms with Gasteiger partial charge in [0, 0.05) is 19.0 Å². The minimum atomic E-state index is -3.30. The zero-order valence-electron chi connectivity index (χ0n) is 18.1. The molecule has 2 aliphatic rings. The third kappa shape index (κ3) is 5.81. The molecule has 0 bridgehead atoms. The van der Waals surface area contributed by atoms with Gasteiger partial charge in [0.2, 0.25) is 15.9 Å². The number of para-hydroxylation sites is 2. The quantitative estimate of drug-likeness (QED) is 0.657. The van der Waals surface area contributed by atoms with Crippen LogP contribution in [0, 0.1) is 5.92 Å². The van der Waals surface area contributed by atoms with E-state index < -0.39 is 10.0 Å². The average molecular weight is 459 g/mol. The molecular weight excluding hydrogens is 428 g/mol. The summed E-state index contributed by atoms with van der Waals surface area (Å²) in [6.45, 7) is 1.53. The van der Waals surface area contributed by atoms with Crippen molar-refractivity contribution >= 4 is 15.9 Å². The fraction of sp³-hybridized carbons (Fsp3) is 0.458. The number of hydrogen-bond donors (Lipinski definition) is 1. The van der Waals surface area contributed by atoms with Crippen LogP contribution in [0.15, 0.2) is 54.6 Å². The van der Waals surface area contributed by atoms with E-state index in [2.05, 4.69) is 5.32 Å². The normalized spacial score (nSPS) is 19.4. The molecule has 2 aromatic rings. The van der Waals surface area contributed by atoms with Crippen molar-refractivity contribution in [2.75, 3.05) is 32.0 Å². The molecule has 32 heavy (non-hydrogen) atoms. The van der Waals surface area contributed by atoms with Crippen molar-refractivity contribution < 1.29 is 22.7 Å². The maximum atomic E-state index is 12.7. The Bertz CT molecular complexity index is 1000. The highest BCUT2D eigenvalue weighted by molar-refractivity contribution is 7.89. The third-order valence-electron chi connectivity index (χ3n) is 6.00. The molecule has 0 unspecified atom stereocenters. The second-order valence-corrected chi connectivity index (χ2v) is 10.4. The van der Waals surface area contributed by atoms with Crippen LogP contribution in [-0.2, 0) is 21.2 Å². The van der Waals surface area contributed by atoms with Gasteiger partial charge in [-0.25, -0.2) is 12.7 Å². The topological polar surface area (TPSA) is 84.9 Å². The summed E-state index contributed by atoms with van der Waals surface area (Å²) in [6, 6.07) is 17.4. The molecule has 1 fully saturated rings. The Morgan fingerprint density at radius 3 is 2.44 bits per heavy atom. The Kier molecular flexibility index (Phi) is 7.32. The smallest absolute Gasteiger partial charge is 0.223 e. The van der Waals surface area contributed by atoms with E-state index in [1.165, 1.54) is 4.31 Å². The van der Waals surface area contributed by atoms with Crippen molar-refractivity contribution in [2.45, 2.75) is 31.8 Å². The number of benzene rings is 2. The lowest BCUT2D eigenvalue weighted by atomic mass is 9.97. The first-order chi connectivity index (χ1) is 15.5. The van der Waals surface area contributed by atoms with Crippen LogP contribution in [0.1, 0.15) is 24.8 Å². The second kappa shape index (κ2) is 10.4. The van der Waals surface area contributed by atoms with Crippen molar-refractivity contribution in [2.24, 2.45) is 5.92 Å². The number of aryl methyl sites for hydroxylation is 1. The van der Waals surface area contributed by atoms with Gasteiger partial charge in [-0.2, -0.15) is 0 Å². The molecule has 2 aliphatic heterocycles. The van der Waals surface area contributed by atoms with Gasteiger partial charge >= 0.3 is 0 Å². The maximum Gasteiger partial charge on any atom is 0.223 e. The van der Waals surface area contributed by atoms with E-state index in [0.717, 1.165) is 12.0 Å². The number of piperidine rings is 1. The van der Waals surface area contributed by atoms with Gasteiger partial charge in [-0.05, 0) is 43.4 Å². The molecule has 1 saturated heterocycles. The summed E-state index contributed by atoms with van der Waals surface area (Å²) >= 11 is 0. The van der Waals surface area contributed by atoms with Gasteiger partial charge in [-0.1, -0.05) is 42.5 Å². The van der Waals surface area contributed by atoms with Crippen molar-refractivity contribution in [3.05, 3.63) is 60.2 Å². The highest BCUT2D eigenvalue weighted by Gasteiger charge is 2.31. The maximum absolute atomic E-state index is 12.7. The minimum absolute atomic E-state index is 0.0476. The zero-order valence-corrected chi connectivity index (χ0v) is 18.9. The average Bonchev–Trinajstić information content (AvgIpc) is 2.83. The van der Waals surface area contributed by atoms with Crippen LogP contribution in [-0.4, -0.2) is 56.7 Å². The molecule has 2 aromatic carbocycles. The van der Waals surface area contributed by atoms with Crippen molar-refractivity contribution in [3.63, 3.8) is 0 Å². The molecule has 1 N–H and O–H groups in total. The van der Waals surface area contributed by atoms with Gasteiger partial charge in [-0.15, -0.1) is 0 Å². The number of nitrogens with zero attached hydrogens (tertiary/aromatic N) is 1. The second-order valence-electron chi connectivity index (χ2n) is 8.32. The lowest BCUT2D eigenvalue weighted by Crippen LogP contribution is -2.46. The van der Waals surface area contributed by atoms with E-state index in [4.69, 9.17) is 9.47 Å². The SMILES string of the molecule is O=C(NC[C@H]1COc2ccccc2O1)C1CCN(S(=O)(=O)CCCc2ccccc2)CC1. The number of rotatable bonds is 8. The van der Waals surface area contributed by atoms with E-state index in [1.807, 2.05) is 54.6 Å². The molecule has 0 spiro atoms. The molecule has 0 saturated carbocycles. The standard InChI is InChI=1S/C24H30N2O5S/c27-24(25-17-21-18-30-22-10-4-5-11-23(22)31-21)20-12-14-26(15-13-20)32(28,29)16-6-9-19-7-2-1-3-8-19/h1-5,7-8,10-11,20-21H,6,9,12-18H2,(H,25,27)/t21-/m0/s1. The molecule has 8 heteroatoms. The molecule has 7 nitrogen and oxygen atoms in total. The summed E-state index contributed by atoms with van der Waals surface area (Å²) in [5.41, 5.74) is 1.15. The Morgan fingerprint density at radius 1 is 1.00 bits per heavy atom. The molecule has 1 amide bonds. The number of ether oxygens (including phenoxy) is 2. The fourth-order valence-electron chi connectivity index (χ4n) is 4.15. The van der Waals surface area contributed by atoms with Crippen LogP contribution in [0.25, 0.3) is 0 Å². The van der Waals surface area contributed by atoms with Crippen LogP contribution in [0.2, 0.25) is 0 Å². The van der Waals surface area contributed by atoms with Crippen LogP contribution in [0.5, 0.6) is 11.5 Å². The highest BCUT2D eigenvalue weighted by Crippen LogP contribution is 2.30. The Morgan fingerprint density at radius 2 is 1.69 bits per heavy atom. The molecule has 0 radical (unpaired) electrons. The number of carbonyl (C=O) groups is 1. The van der Waals surface area contributed by atoms with Gasteiger partial charge in [0.05, 0.1) is 12.3 Å². The fourth-order valence-corrected chi connectivity index (χ4v) is 5.69. The summed E-state index contributed by atoms with van der Waals surface area (Å²) < 4.78 is 38.4. The number of nitrogens with one attached hydrogen (secondary N) is 1. The molecule has 172 valence electrons. The zero-order chi connectivity index (χ0) is 22.4. The number of amides is 1. The lowest BCUT2D eigenvalue weighted by Gasteiger charge is -2.31. The molecular formula is C24H30N2O5S. The Balaban J connectivity index is 1.18. The van der Waals surface area contributed by atoms with E-state index in [9.17, 15) is 13.2 Å². The monoisotopic (exact) mass is 458 g/mol. The first-order valence-corrected chi connectivity index (χ1v) is 12.8. The first-order valence-electron chi connectivity index (χ1n) is 11.2. The number of hydrogen-bond acceptors (Lipinski definition) is 5. The molecule has 1 atom stereocenters. The van der Waals surface area contributed by atoms with Crippen LogP contribution >= 0.6 is 0 Å². The Labute approximate surface area is 189 Å². The van der Waals surface area contributed by atoms with Gasteiger partial charge in [-0.3, -0.25) is 4.79 Å². The molecule has 0 aromatic heterocycles. The van der Waals surface area contributed by atoms with E-state index in [0.29, 0.717) is 57.0 Å².